The molecule has 5 heteroatoms. The lowest BCUT2D eigenvalue weighted by molar-refractivity contribution is -0.126. The molecule has 0 spiro atoms. The number of benzene rings is 1. The minimum absolute atomic E-state index is 0.188. The summed E-state index contributed by atoms with van der Waals surface area (Å²) < 4.78 is 5.25. The number of aryl methyl sites for hydroxylation is 1. The van der Waals surface area contributed by atoms with Gasteiger partial charge in [0.1, 0.15) is 5.00 Å². The smallest absolute Gasteiger partial charge is 0.258 e. The van der Waals surface area contributed by atoms with Crippen molar-refractivity contribution >= 4 is 22.2 Å². The number of hydrogen-bond donors (Lipinski definition) is 1. The molecule has 94 valence electrons. The van der Waals surface area contributed by atoms with Gasteiger partial charge in [-0.2, -0.15) is 0 Å². The van der Waals surface area contributed by atoms with Gasteiger partial charge in [-0.05, 0) is 12.5 Å². The maximum atomic E-state index is 12.1. The van der Waals surface area contributed by atoms with Crippen LogP contribution < -0.4 is 5.32 Å². The molecule has 2 rings (SSSR count). The molecule has 1 amide bonds. The average molecular weight is 262 g/mol. The number of anilines is 1. The molecule has 2 aromatic rings. The van der Waals surface area contributed by atoms with Crippen molar-refractivity contribution in [2.24, 2.45) is 0 Å². The van der Waals surface area contributed by atoms with Crippen LogP contribution in [-0.4, -0.2) is 18.0 Å². The molecule has 0 saturated carbocycles. The third-order valence-electron chi connectivity index (χ3n) is 2.44. The summed E-state index contributed by atoms with van der Waals surface area (Å²) in [6, 6.07) is 9.40. The number of nitrogens with one attached hydrogen (secondary N) is 1. The van der Waals surface area contributed by atoms with E-state index >= 15 is 0 Å². The van der Waals surface area contributed by atoms with Gasteiger partial charge in [0.2, 0.25) is 0 Å². The maximum Gasteiger partial charge on any atom is 0.258 e. The summed E-state index contributed by atoms with van der Waals surface area (Å²) in [5.74, 6) is -0.188. The zero-order valence-corrected chi connectivity index (χ0v) is 11.0. The molecular formula is C13H14N2O2S. The number of methoxy groups -OCH3 is 1. The van der Waals surface area contributed by atoms with Crippen LogP contribution in [0.2, 0.25) is 0 Å². The van der Waals surface area contributed by atoms with Gasteiger partial charge in [-0.15, -0.1) is 11.3 Å². The molecule has 0 aliphatic heterocycles. The van der Waals surface area contributed by atoms with Crippen molar-refractivity contribution in [3.8, 4) is 0 Å². The van der Waals surface area contributed by atoms with Gasteiger partial charge >= 0.3 is 0 Å². The predicted molar refractivity (Wildman–Crippen MR) is 71.7 cm³/mol. The van der Waals surface area contributed by atoms with E-state index in [1.807, 2.05) is 37.3 Å². The van der Waals surface area contributed by atoms with Crippen LogP contribution in [0.3, 0.4) is 0 Å². The summed E-state index contributed by atoms with van der Waals surface area (Å²) in [4.78, 5) is 16.2. The number of hydrogen-bond acceptors (Lipinski definition) is 4. The monoisotopic (exact) mass is 262 g/mol. The van der Waals surface area contributed by atoms with Crippen molar-refractivity contribution in [1.29, 1.82) is 0 Å². The second-order valence-corrected chi connectivity index (χ2v) is 4.99. The highest BCUT2D eigenvalue weighted by Crippen LogP contribution is 2.22. The van der Waals surface area contributed by atoms with Gasteiger partial charge in [0, 0.05) is 7.11 Å². The van der Waals surface area contributed by atoms with E-state index in [0.717, 1.165) is 15.6 Å². The van der Waals surface area contributed by atoms with E-state index in [4.69, 9.17) is 4.74 Å². The molecular weight excluding hydrogens is 248 g/mol. The Bertz CT molecular complexity index is 525. The quantitative estimate of drug-likeness (QED) is 0.921. The predicted octanol–water partition coefficient (Wildman–Crippen LogP) is 2.78. The molecule has 1 aromatic heterocycles. The SMILES string of the molecule is CO[C@@H](C(=O)Nc1cnc(C)s1)c1ccccc1. The van der Waals surface area contributed by atoms with Gasteiger partial charge in [-0.1, -0.05) is 30.3 Å². The van der Waals surface area contributed by atoms with Crippen molar-refractivity contribution in [3.05, 3.63) is 47.1 Å². The summed E-state index contributed by atoms with van der Waals surface area (Å²) >= 11 is 1.44. The van der Waals surface area contributed by atoms with E-state index in [1.54, 1.807) is 6.20 Å². The van der Waals surface area contributed by atoms with E-state index in [1.165, 1.54) is 18.4 Å². The molecule has 1 heterocycles. The number of amides is 1. The van der Waals surface area contributed by atoms with Crippen molar-refractivity contribution in [1.82, 2.24) is 4.98 Å². The molecule has 0 saturated heterocycles. The first-order valence-corrected chi connectivity index (χ1v) is 6.33. The van der Waals surface area contributed by atoms with Crippen LogP contribution in [0.1, 0.15) is 16.7 Å². The Balaban J connectivity index is 2.11. The summed E-state index contributed by atoms with van der Waals surface area (Å²) in [6.45, 7) is 1.89. The fourth-order valence-electron chi connectivity index (χ4n) is 1.63. The Labute approximate surface area is 110 Å². The Morgan fingerprint density at radius 3 is 2.67 bits per heavy atom. The fraction of sp³-hybridized carbons (Fsp3) is 0.231. The largest absolute Gasteiger partial charge is 0.367 e. The third kappa shape index (κ3) is 2.94. The number of aromatic nitrogens is 1. The van der Waals surface area contributed by atoms with Crippen LogP contribution in [0.4, 0.5) is 5.00 Å². The number of rotatable bonds is 4. The van der Waals surface area contributed by atoms with Crippen LogP contribution in [0, 0.1) is 6.92 Å². The highest BCUT2D eigenvalue weighted by Gasteiger charge is 2.20. The van der Waals surface area contributed by atoms with Crippen molar-refractivity contribution in [3.63, 3.8) is 0 Å². The minimum atomic E-state index is -0.603. The Morgan fingerprint density at radius 2 is 2.11 bits per heavy atom. The van der Waals surface area contributed by atoms with Crippen LogP contribution in [0.5, 0.6) is 0 Å². The molecule has 1 aromatic carbocycles. The number of carbonyl (C=O) groups excluding carboxylic acids is 1. The third-order valence-corrected chi connectivity index (χ3v) is 3.27. The maximum absolute atomic E-state index is 12.1. The number of carbonyl (C=O) groups is 1. The Kier molecular flexibility index (Phi) is 4.07. The molecule has 0 aliphatic rings. The minimum Gasteiger partial charge on any atom is -0.367 e. The molecule has 0 fully saturated rings. The lowest BCUT2D eigenvalue weighted by atomic mass is 10.1. The molecule has 0 unspecified atom stereocenters. The first kappa shape index (κ1) is 12.7. The standard InChI is InChI=1S/C13H14N2O2S/c1-9-14-8-11(18-9)15-13(16)12(17-2)10-6-4-3-5-7-10/h3-8,12H,1-2H3,(H,15,16)/t12-/m1/s1. The Morgan fingerprint density at radius 1 is 1.39 bits per heavy atom. The zero-order chi connectivity index (χ0) is 13.0. The summed E-state index contributed by atoms with van der Waals surface area (Å²) in [6.07, 6.45) is 1.05. The van der Waals surface area contributed by atoms with Gasteiger partial charge < -0.3 is 10.1 Å². The molecule has 0 aliphatic carbocycles. The lowest BCUT2D eigenvalue weighted by Gasteiger charge is -2.14. The lowest BCUT2D eigenvalue weighted by Crippen LogP contribution is -2.22. The van der Waals surface area contributed by atoms with E-state index in [-0.39, 0.29) is 5.91 Å². The van der Waals surface area contributed by atoms with Crippen LogP contribution >= 0.6 is 11.3 Å². The van der Waals surface area contributed by atoms with Gasteiger partial charge in [-0.25, -0.2) is 4.98 Å². The number of thiazole rings is 1. The topological polar surface area (TPSA) is 51.2 Å². The van der Waals surface area contributed by atoms with Gasteiger partial charge in [0.25, 0.3) is 5.91 Å². The van der Waals surface area contributed by atoms with Crippen molar-refractivity contribution in [2.75, 3.05) is 12.4 Å². The summed E-state index contributed by atoms with van der Waals surface area (Å²) in [7, 11) is 1.52. The normalized spacial score (nSPS) is 12.1. The van der Waals surface area contributed by atoms with E-state index < -0.39 is 6.10 Å². The van der Waals surface area contributed by atoms with Gasteiger partial charge in [-0.3, -0.25) is 4.79 Å². The van der Waals surface area contributed by atoms with E-state index in [2.05, 4.69) is 10.3 Å². The molecule has 1 N–H and O–H groups in total. The molecule has 18 heavy (non-hydrogen) atoms. The first-order valence-electron chi connectivity index (χ1n) is 5.51. The first-order chi connectivity index (χ1) is 8.70. The highest BCUT2D eigenvalue weighted by atomic mass is 32.1. The van der Waals surface area contributed by atoms with Gasteiger partial charge in [0.15, 0.2) is 6.10 Å². The van der Waals surface area contributed by atoms with E-state index in [9.17, 15) is 4.79 Å². The van der Waals surface area contributed by atoms with Crippen molar-refractivity contribution < 1.29 is 9.53 Å². The summed E-state index contributed by atoms with van der Waals surface area (Å²) in [5, 5.41) is 4.45. The number of ether oxygens (including phenoxy) is 1. The molecule has 0 bridgehead atoms. The van der Waals surface area contributed by atoms with Crippen LogP contribution in [-0.2, 0) is 9.53 Å². The summed E-state index contributed by atoms with van der Waals surface area (Å²) in [5.41, 5.74) is 0.832. The average Bonchev–Trinajstić information content (AvgIpc) is 2.77. The second-order valence-electron chi connectivity index (χ2n) is 3.76. The Hall–Kier alpha value is -1.72. The van der Waals surface area contributed by atoms with Crippen LogP contribution in [0.25, 0.3) is 0 Å². The fourth-order valence-corrected chi connectivity index (χ4v) is 2.31. The molecule has 0 radical (unpaired) electrons. The molecule has 1 atom stereocenters. The second kappa shape index (κ2) is 5.75. The van der Waals surface area contributed by atoms with Crippen molar-refractivity contribution in [2.45, 2.75) is 13.0 Å². The van der Waals surface area contributed by atoms with Crippen LogP contribution in [0.15, 0.2) is 36.5 Å². The highest BCUT2D eigenvalue weighted by molar-refractivity contribution is 7.15. The van der Waals surface area contributed by atoms with Gasteiger partial charge in [0.05, 0.1) is 11.2 Å². The van der Waals surface area contributed by atoms with E-state index in [0.29, 0.717) is 0 Å². The molecule has 4 nitrogen and oxygen atoms in total. The number of nitrogens with zero attached hydrogens (tertiary/aromatic N) is 1. The zero-order valence-electron chi connectivity index (χ0n) is 10.2.